The number of aryl methyl sites for hydroxylation is 1. The van der Waals surface area contributed by atoms with Crippen LogP contribution in [0.1, 0.15) is 48.8 Å². The van der Waals surface area contributed by atoms with E-state index in [0.29, 0.717) is 24.5 Å². The highest BCUT2D eigenvalue weighted by atomic mass is 32.1. The number of amides is 1. The van der Waals surface area contributed by atoms with E-state index in [9.17, 15) is 14.7 Å². The number of benzene rings is 2. The molecule has 0 radical (unpaired) electrons. The Labute approximate surface area is 216 Å². The number of nitrogens with two attached hydrogens (primary N) is 1. The summed E-state index contributed by atoms with van der Waals surface area (Å²) in [7, 11) is 0. The number of primary amides is 1. The van der Waals surface area contributed by atoms with Gasteiger partial charge in [0.1, 0.15) is 11.3 Å². The number of hydrogen-bond donors (Lipinski definition) is 3. The van der Waals surface area contributed by atoms with E-state index < -0.39 is 0 Å². The minimum atomic E-state index is -0.259. The number of rotatable bonds is 13. The first-order valence-corrected chi connectivity index (χ1v) is 13.8. The Hall–Kier alpha value is -2.68. The van der Waals surface area contributed by atoms with E-state index >= 15 is 0 Å². The summed E-state index contributed by atoms with van der Waals surface area (Å²) in [5, 5.41) is 10.1. The molecule has 0 atom stereocenters. The van der Waals surface area contributed by atoms with Crippen molar-refractivity contribution in [3.05, 3.63) is 62.8 Å². The number of aromatic amines is 1. The number of thiazole rings is 1. The molecule has 0 spiro atoms. The van der Waals surface area contributed by atoms with E-state index in [1.807, 2.05) is 6.07 Å². The number of aromatic nitrogens is 1. The van der Waals surface area contributed by atoms with Crippen molar-refractivity contribution in [1.29, 1.82) is 0 Å². The fourth-order valence-corrected chi connectivity index (χ4v) is 6.21. The average molecular weight is 511 g/mol. The van der Waals surface area contributed by atoms with Gasteiger partial charge in [-0.1, -0.05) is 60.1 Å². The van der Waals surface area contributed by atoms with Crippen LogP contribution in [0.2, 0.25) is 0 Å². The van der Waals surface area contributed by atoms with Gasteiger partial charge in [0.25, 0.3) is 0 Å². The molecule has 3 aromatic rings. The van der Waals surface area contributed by atoms with Gasteiger partial charge in [0.05, 0.1) is 4.70 Å². The highest BCUT2D eigenvalue weighted by molar-refractivity contribution is 7.16. The van der Waals surface area contributed by atoms with E-state index in [1.54, 1.807) is 6.07 Å². The van der Waals surface area contributed by atoms with Gasteiger partial charge in [-0.3, -0.25) is 14.5 Å². The van der Waals surface area contributed by atoms with E-state index in [-0.39, 0.29) is 16.5 Å². The Bertz CT molecular complexity index is 1210. The number of fused-ring (bicyclic) bond motifs is 1. The van der Waals surface area contributed by atoms with Gasteiger partial charge < -0.3 is 20.7 Å². The average Bonchev–Trinajstić information content (AvgIpc) is 3.52. The maximum Gasteiger partial charge on any atom is 0.305 e. The first-order chi connectivity index (χ1) is 17.4. The molecular formula is C28H38N4O3S. The van der Waals surface area contributed by atoms with Gasteiger partial charge in [-0.15, -0.1) is 0 Å². The van der Waals surface area contributed by atoms with Gasteiger partial charge in [0.2, 0.25) is 5.91 Å². The predicted octanol–water partition coefficient (Wildman–Crippen LogP) is 3.81. The van der Waals surface area contributed by atoms with Crippen molar-refractivity contribution in [3.8, 4) is 5.75 Å². The summed E-state index contributed by atoms with van der Waals surface area (Å²) < 4.78 is 0.854. The van der Waals surface area contributed by atoms with Crippen LogP contribution in [-0.2, 0) is 17.6 Å². The van der Waals surface area contributed by atoms with Crippen LogP contribution in [0, 0.1) is 6.92 Å². The first-order valence-electron chi connectivity index (χ1n) is 13.0. The van der Waals surface area contributed by atoms with Crippen molar-refractivity contribution in [2.45, 2.75) is 57.9 Å². The molecule has 1 aromatic heterocycles. The topological polar surface area (TPSA) is 103 Å². The quantitative estimate of drug-likeness (QED) is 0.325. The Morgan fingerprint density at radius 2 is 1.89 bits per heavy atom. The molecular weight excluding hydrogens is 472 g/mol. The number of aromatic hydroxyl groups is 1. The molecule has 0 aliphatic heterocycles. The summed E-state index contributed by atoms with van der Waals surface area (Å²) in [5.41, 5.74) is 9.69. The molecule has 194 valence electrons. The van der Waals surface area contributed by atoms with Gasteiger partial charge in [0.15, 0.2) is 0 Å². The number of hydrogen-bond acceptors (Lipinski definition) is 6. The molecule has 0 unspecified atom stereocenters. The molecule has 1 saturated carbocycles. The minimum absolute atomic E-state index is 0.124. The third-order valence-corrected chi connectivity index (χ3v) is 8.28. The normalized spacial score (nSPS) is 14.4. The molecule has 1 aliphatic rings. The van der Waals surface area contributed by atoms with E-state index in [2.05, 4.69) is 46.0 Å². The monoisotopic (exact) mass is 510 g/mol. The van der Waals surface area contributed by atoms with Crippen LogP contribution in [0.5, 0.6) is 5.75 Å². The second-order valence-corrected chi connectivity index (χ2v) is 11.0. The van der Waals surface area contributed by atoms with Crippen molar-refractivity contribution in [2.75, 3.05) is 32.7 Å². The molecule has 2 aromatic carbocycles. The highest BCUT2D eigenvalue weighted by Crippen LogP contribution is 2.29. The number of nitrogens with one attached hydrogen (secondary N) is 1. The molecule has 1 heterocycles. The van der Waals surface area contributed by atoms with Crippen LogP contribution < -0.4 is 10.6 Å². The van der Waals surface area contributed by atoms with Gasteiger partial charge in [-0.05, 0) is 49.8 Å². The second-order valence-electron chi connectivity index (χ2n) is 9.98. The number of phenolic OH excluding ortho intramolecular Hbond substituents is 1. The fraction of sp³-hybridized carbons (Fsp3) is 0.500. The zero-order chi connectivity index (χ0) is 25.5. The fourth-order valence-electron chi connectivity index (χ4n) is 5.31. The SMILES string of the molecule is Cc1cccc(CCN(CCC(N)=O)CCN(CCc2ccc(O)c3[nH]c(=O)sc23)C2CCCC2)c1. The third kappa shape index (κ3) is 7.18. The highest BCUT2D eigenvalue weighted by Gasteiger charge is 2.23. The van der Waals surface area contributed by atoms with Crippen molar-refractivity contribution >= 4 is 27.5 Å². The Kier molecular flexibility index (Phi) is 9.18. The predicted molar refractivity (Wildman–Crippen MR) is 147 cm³/mol. The minimum Gasteiger partial charge on any atom is -0.506 e. The summed E-state index contributed by atoms with van der Waals surface area (Å²) in [6.07, 6.45) is 7.11. The van der Waals surface area contributed by atoms with E-state index in [1.165, 1.54) is 48.1 Å². The van der Waals surface area contributed by atoms with Crippen LogP contribution >= 0.6 is 11.3 Å². The molecule has 0 saturated heterocycles. The number of phenols is 1. The molecule has 7 nitrogen and oxygen atoms in total. The van der Waals surface area contributed by atoms with Gasteiger partial charge >= 0.3 is 4.87 Å². The molecule has 0 bridgehead atoms. The smallest absolute Gasteiger partial charge is 0.305 e. The maximum absolute atomic E-state index is 11.9. The molecule has 1 fully saturated rings. The zero-order valence-electron chi connectivity index (χ0n) is 21.2. The largest absolute Gasteiger partial charge is 0.506 e. The summed E-state index contributed by atoms with van der Waals surface area (Å²) in [6.45, 7) is 6.40. The van der Waals surface area contributed by atoms with Crippen molar-refractivity contribution in [1.82, 2.24) is 14.8 Å². The van der Waals surface area contributed by atoms with Gasteiger partial charge in [-0.2, -0.15) is 0 Å². The number of nitrogens with zero attached hydrogens (tertiary/aromatic N) is 2. The molecule has 4 rings (SSSR count). The summed E-state index contributed by atoms with van der Waals surface area (Å²) >= 11 is 1.17. The molecule has 4 N–H and O–H groups in total. The number of carbonyl (C=O) groups excluding carboxylic acids is 1. The van der Waals surface area contributed by atoms with Crippen LogP contribution in [0.4, 0.5) is 0 Å². The Morgan fingerprint density at radius 1 is 1.08 bits per heavy atom. The lowest BCUT2D eigenvalue weighted by Gasteiger charge is -2.32. The van der Waals surface area contributed by atoms with E-state index in [0.717, 1.165) is 49.3 Å². The van der Waals surface area contributed by atoms with E-state index in [4.69, 9.17) is 5.73 Å². The lowest BCUT2D eigenvalue weighted by molar-refractivity contribution is -0.118. The Morgan fingerprint density at radius 3 is 2.64 bits per heavy atom. The summed E-state index contributed by atoms with van der Waals surface area (Å²) in [4.78, 5) is 31.0. The van der Waals surface area contributed by atoms with Crippen LogP contribution in [-0.4, -0.2) is 64.6 Å². The first kappa shape index (κ1) is 26.4. The van der Waals surface area contributed by atoms with Crippen LogP contribution in [0.25, 0.3) is 10.2 Å². The van der Waals surface area contributed by atoms with Crippen LogP contribution in [0.15, 0.2) is 41.2 Å². The lowest BCUT2D eigenvalue weighted by atomic mass is 10.1. The number of H-pyrrole nitrogens is 1. The summed E-state index contributed by atoms with van der Waals surface area (Å²) in [6, 6.07) is 12.8. The van der Waals surface area contributed by atoms with Gasteiger partial charge in [0, 0.05) is 45.2 Å². The zero-order valence-corrected chi connectivity index (χ0v) is 22.0. The number of carbonyl (C=O) groups is 1. The standard InChI is InChI=1S/C28H38N4O3S/c1-20-5-4-6-21(19-20)11-14-31(15-13-25(29)34)17-18-32(23-7-2-3-8-23)16-12-22-9-10-24(33)26-27(22)36-28(35)30-26/h4-6,9-10,19,23,33H,2-3,7-8,11-18H2,1H3,(H2,29,34)(H,30,35). The van der Waals surface area contributed by atoms with Crippen molar-refractivity contribution in [3.63, 3.8) is 0 Å². The maximum atomic E-state index is 11.9. The lowest BCUT2D eigenvalue weighted by Crippen LogP contribution is -2.42. The molecule has 8 heteroatoms. The van der Waals surface area contributed by atoms with Crippen molar-refractivity contribution < 1.29 is 9.90 Å². The molecule has 1 amide bonds. The van der Waals surface area contributed by atoms with Crippen molar-refractivity contribution in [2.24, 2.45) is 5.73 Å². The summed E-state index contributed by atoms with van der Waals surface area (Å²) in [5.74, 6) is -0.136. The molecule has 36 heavy (non-hydrogen) atoms. The van der Waals surface area contributed by atoms with Crippen LogP contribution in [0.3, 0.4) is 0 Å². The van der Waals surface area contributed by atoms with Gasteiger partial charge in [-0.25, -0.2) is 0 Å². The molecule has 1 aliphatic carbocycles. The third-order valence-electron chi connectivity index (χ3n) is 7.33. The second kappa shape index (κ2) is 12.5. The Balaban J connectivity index is 1.41.